The number of hydrogen-bond donors (Lipinski definition) is 1. The highest BCUT2D eigenvalue weighted by molar-refractivity contribution is 8.00. The lowest BCUT2D eigenvalue weighted by molar-refractivity contribution is -0.144. The van der Waals surface area contributed by atoms with Gasteiger partial charge in [-0.2, -0.15) is 0 Å². The van der Waals surface area contributed by atoms with E-state index in [2.05, 4.69) is 6.07 Å². The van der Waals surface area contributed by atoms with Crippen LogP contribution in [0.2, 0.25) is 0 Å². The van der Waals surface area contributed by atoms with E-state index in [0.29, 0.717) is 0 Å². The van der Waals surface area contributed by atoms with Crippen molar-refractivity contribution in [1.29, 1.82) is 0 Å². The third-order valence-corrected chi connectivity index (χ3v) is 5.02. The van der Waals surface area contributed by atoms with E-state index in [1.807, 2.05) is 18.2 Å². The molecule has 0 aromatic heterocycles. The lowest BCUT2D eigenvalue weighted by Crippen LogP contribution is -2.40. The largest absolute Gasteiger partial charge is 0.480 e. The van der Waals surface area contributed by atoms with Crippen LogP contribution in [0.3, 0.4) is 0 Å². The van der Waals surface area contributed by atoms with Crippen LogP contribution < -0.4 is 0 Å². The molecule has 1 saturated carbocycles. The Balaban J connectivity index is 1.84. The van der Waals surface area contributed by atoms with Gasteiger partial charge in [0.15, 0.2) is 0 Å². The molecule has 1 fully saturated rings. The molecular weight excluding hydrogens is 274 g/mol. The minimum Gasteiger partial charge on any atom is -0.480 e. The van der Waals surface area contributed by atoms with Gasteiger partial charge in [0.1, 0.15) is 11.8 Å². The zero-order valence-electron chi connectivity index (χ0n) is 11.1. The summed E-state index contributed by atoms with van der Waals surface area (Å²) in [5, 5.41) is 8.77. The van der Waals surface area contributed by atoms with E-state index in [9.17, 15) is 9.59 Å². The quantitative estimate of drug-likeness (QED) is 0.923. The first kappa shape index (κ1) is 13.5. The smallest absolute Gasteiger partial charge is 0.323 e. The first-order valence-electron chi connectivity index (χ1n) is 6.88. The van der Waals surface area contributed by atoms with Crippen molar-refractivity contribution in [2.45, 2.75) is 30.6 Å². The van der Waals surface area contributed by atoms with Gasteiger partial charge in [-0.15, -0.1) is 11.8 Å². The molecule has 3 rings (SSSR count). The number of carboxylic acid groups (broad SMARTS) is 1. The van der Waals surface area contributed by atoms with E-state index in [0.717, 1.165) is 30.6 Å². The second-order valence-electron chi connectivity index (χ2n) is 5.29. The molecule has 106 valence electrons. The fourth-order valence-electron chi connectivity index (χ4n) is 2.67. The van der Waals surface area contributed by atoms with Crippen LogP contribution in [-0.2, 0) is 16.0 Å². The van der Waals surface area contributed by atoms with Crippen molar-refractivity contribution in [1.82, 2.24) is 4.90 Å². The first-order valence-corrected chi connectivity index (χ1v) is 7.93. The monoisotopic (exact) mass is 291 g/mol. The van der Waals surface area contributed by atoms with Gasteiger partial charge < -0.3 is 10.0 Å². The number of carboxylic acids is 1. The summed E-state index contributed by atoms with van der Waals surface area (Å²) in [6.07, 6.45) is 2.84. The molecule has 0 bridgehead atoms. The van der Waals surface area contributed by atoms with Crippen LogP contribution in [0, 0.1) is 0 Å². The second-order valence-corrected chi connectivity index (χ2v) is 6.50. The molecule has 0 saturated heterocycles. The van der Waals surface area contributed by atoms with Gasteiger partial charge in [-0.05, 0) is 36.1 Å². The number of nitrogens with zero attached hydrogens (tertiary/aromatic N) is 1. The van der Waals surface area contributed by atoms with Gasteiger partial charge in [0.2, 0.25) is 5.91 Å². The third-order valence-electron chi connectivity index (χ3n) is 3.79. The van der Waals surface area contributed by atoms with E-state index in [-0.39, 0.29) is 23.7 Å². The number of aryl methyl sites for hydroxylation is 1. The molecule has 1 aliphatic heterocycles. The van der Waals surface area contributed by atoms with Crippen LogP contribution in [0.15, 0.2) is 24.3 Å². The Morgan fingerprint density at radius 3 is 2.75 bits per heavy atom. The SMILES string of the molecule is O=C(O)CN(C(=O)C1SCCc2ccccc21)C1CC1. The van der Waals surface area contributed by atoms with Crippen molar-refractivity contribution >= 4 is 23.6 Å². The molecule has 1 amide bonds. The number of amides is 1. The lowest BCUT2D eigenvalue weighted by atomic mass is 10.0. The van der Waals surface area contributed by atoms with E-state index >= 15 is 0 Å². The molecule has 1 atom stereocenters. The number of thioether (sulfide) groups is 1. The molecule has 1 unspecified atom stereocenters. The summed E-state index contributed by atoms with van der Waals surface area (Å²) < 4.78 is 0. The highest BCUT2D eigenvalue weighted by Gasteiger charge is 2.38. The summed E-state index contributed by atoms with van der Waals surface area (Å²) in [5.74, 6) is -0.0506. The summed E-state index contributed by atoms with van der Waals surface area (Å²) in [5.41, 5.74) is 2.28. The molecule has 1 aromatic carbocycles. The van der Waals surface area contributed by atoms with Crippen LogP contribution >= 0.6 is 11.8 Å². The number of fused-ring (bicyclic) bond motifs is 1. The summed E-state index contributed by atoms with van der Waals surface area (Å²) in [6.45, 7) is -0.178. The normalized spacial score (nSPS) is 21.1. The predicted molar refractivity (Wildman–Crippen MR) is 77.7 cm³/mol. The number of carbonyl (C=O) groups is 2. The molecule has 0 spiro atoms. The Kier molecular flexibility index (Phi) is 3.70. The topological polar surface area (TPSA) is 57.6 Å². The zero-order valence-corrected chi connectivity index (χ0v) is 11.9. The van der Waals surface area contributed by atoms with Crippen molar-refractivity contribution in [3.63, 3.8) is 0 Å². The fraction of sp³-hybridized carbons (Fsp3) is 0.467. The van der Waals surface area contributed by atoms with Gasteiger partial charge >= 0.3 is 5.97 Å². The minimum atomic E-state index is -0.931. The van der Waals surface area contributed by atoms with Crippen molar-refractivity contribution in [2.75, 3.05) is 12.3 Å². The summed E-state index contributed by atoms with van der Waals surface area (Å²) in [4.78, 5) is 25.3. The third kappa shape index (κ3) is 2.68. The predicted octanol–water partition coefficient (Wildman–Crippen LogP) is 2.09. The molecule has 1 heterocycles. The number of aliphatic carboxylic acids is 1. The van der Waals surface area contributed by atoms with Crippen molar-refractivity contribution in [3.8, 4) is 0 Å². The van der Waals surface area contributed by atoms with Crippen LogP contribution in [-0.4, -0.2) is 40.2 Å². The molecule has 2 aliphatic rings. The maximum Gasteiger partial charge on any atom is 0.323 e. The maximum absolute atomic E-state index is 12.7. The molecular formula is C15H17NO3S. The average Bonchev–Trinajstić information content (AvgIpc) is 3.28. The zero-order chi connectivity index (χ0) is 14.1. The molecule has 5 heteroatoms. The minimum absolute atomic E-state index is 0.0351. The summed E-state index contributed by atoms with van der Waals surface area (Å²) >= 11 is 1.63. The number of benzene rings is 1. The number of rotatable bonds is 4. The first-order chi connectivity index (χ1) is 9.66. The summed E-state index contributed by atoms with van der Waals surface area (Å²) in [6, 6.07) is 8.13. The fourth-order valence-corrected chi connectivity index (χ4v) is 3.93. The van der Waals surface area contributed by atoms with Crippen molar-refractivity contribution in [2.24, 2.45) is 0 Å². The summed E-state index contributed by atoms with van der Waals surface area (Å²) in [7, 11) is 0. The maximum atomic E-state index is 12.7. The number of hydrogen-bond acceptors (Lipinski definition) is 3. The Hall–Kier alpha value is -1.49. The molecule has 1 N–H and O–H groups in total. The second kappa shape index (κ2) is 5.48. The van der Waals surface area contributed by atoms with Crippen LogP contribution in [0.1, 0.15) is 29.2 Å². The van der Waals surface area contributed by atoms with Crippen LogP contribution in [0.25, 0.3) is 0 Å². The van der Waals surface area contributed by atoms with Crippen LogP contribution in [0.5, 0.6) is 0 Å². The van der Waals surface area contributed by atoms with Gasteiger partial charge in [0.25, 0.3) is 0 Å². The van der Waals surface area contributed by atoms with E-state index in [4.69, 9.17) is 5.11 Å². The Morgan fingerprint density at radius 1 is 1.30 bits per heavy atom. The average molecular weight is 291 g/mol. The van der Waals surface area contributed by atoms with Gasteiger partial charge in [-0.1, -0.05) is 24.3 Å². The highest BCUT2D eigenvalue weighted by Crippen LogP contribution is 2.40. The van der Waals surface area contributed by atoms with Crippen molar-refractivity contribution < 1.29 is 14.7 Å². The van der Waals surface area contributed by atoms with Gasteiger partial charge in [-0.3, -0.25) is 9.59 Å². The molecule has 4 nitrogen and oxygen atoms in total. The highest BCUT2D eigenvalue weighted by atomic mass is 32.2. The van der Waals surface area contributed by atoms with E-state index < -0.39 is 5.97 Å². The lowest BCUT2D eigenvalue weighted by Gasteiger charge is -2.29. The molecule has 0 radical (unpaired) electrons. The van der Waals surface area contributed by atoms with Gasteiger partial charge in [0, 0.05) is 6.04 Å². The van der Waals surface area contributed by atoms with E-state index in [1.54, 1.807) is 16.7 Å². The Bertz CT molecular complexity index is 542. The Morgan fingerprint density at radius 2 is 2.05 bits per heavy atom. The van der Waals surface area contributed by atoms with Crippen LogP contribution in [0.4, 0.5) is 0 Å². The van der Waals surface area contributed by atoms with E-state index in [1.165, 1.54) is 5.56 Å². The standard InChI is InChI=1S/C15H17NO3S/c17-13(18)9-16(11-5-6-11)15(19)14-12-4-2-1-3-10(12)7-8-20-14/h1-4,11,14H,5-9H2,(H,17,18). The number of carbonyl (C=O) groups excluding carboxylic acids is 1. The van der Waals surface area contributed by atoms with Gasteiger partial charge in [-0.25, -0.2) is 0 Å². The molecule has 20 heavy (non-hydrogen) atoms. The molecule has 1 aliphatic carbocycles. The molecule has 1 aromatic rings. The van der Waals surface area contributed by atoms with Gasteiger partial charge in [0.05, 0.1) is 0 Å². The Labute approximate surface area is 122 Å². The van der Waals surface area contributed by atoms with Crippen molar-refractivity contribution in [3.05, 3.63) is 35.4 Å².